The molecule has 0 spiro atoms. The van der Waals surface area contributed by atoms with Crippen molar-refractivity contribution in [3.05, 3.63) is 4.88 Å². The van der Waals surface area contributed by atoms with E-state index in [2.05, 4.69) is 0 Å². The largest absolute Gasteiger partial charge is 0.396 e. The Bertz CT molecular complexity index is 638. The van der Waals surface area contributed by atoms with Crippen molar-refractivity contribution in [3.63, 3.8) is 0 Å². The van der Waals surface area contributed by atoms with Gasteiger partial charge in [0, 0.05) is 13.1 Å². The summed E-state index contributed by atoms with van der Waals surface area (Å²) in [6.07, 6.45) is 0.0440. The lowest BCUT2D eigenvalue weighted by Crippen LogP contribution is -2.22. The van der Waals surface area contributed by atoms with Crippen LogP contribution in [0.1, 0.15) is 23.0 Å². The maximum absolute atomic E-state index is 12.2. The van der Waals surface area contributed by atoms with E-state index in [-0.39, 0.29) is 21.2 Å². The van der Waals surface area contributed by atoms with Crippen molar-refractivity contribution in [3.8, 4) is 0 Å². The molecule has 20 heavy (non-hydrogen) atoms. The number of β-amino-alcohol motifs (C(OH)–C–C–N with tert-alkyl or cyclic N) is 1. The minimum atomic E-state index is -3.57. The standard InChI is InChI=1S/C11H17N3O4S2/c1-2-20(17,18)9-7(12)8(10(13)16)19-11(9)14-4-3-6(15)5-14/h6,15H,2-5,12H2,1H3,(H2,13,16). The number of anilines is 2. The monoisotopic (exact) mass is 319 g/mol. The van der Waals surface area contributed by atoms with Crippen molar-refractivity contribution in [2.24, 2.45) is 5.73 Å². The molecule has 1 amide bonds. The molecule has 1 aromatic heterocycles. The van der Waals surface area contributed by atoms with Crippen LogP contribution < -0.4 is 16.4 Å². The molecule has 1 saturated heterocycles. The Hall–Kier alpha value is -1.32. The highest BCUT2D eigenvalue weighted by atomic mass is 32.2. The predicted octanol–water partition coefficient (Wildman–Crippen LogP) is -0.206. The Labute approximate surface area is 121 Å². The van der Waals surface area contributed by atoms with Crippen molar-refractivity contribution in [1.82, 2.24) is 0 Å². The fourth-order valence-electron chi connectivity index (χ4n) is 2.18. The Balaban J connectivity index is 2.61. The van der Waals surface area contributed by atoms with Crippen molar-refractivity contribution in [1.29, 1.82) is 0 Å². The van der Waals surface area contributed by atoms with Crippen LogP contribution in [0.3, 0.4) is 0 Å². The van der Waals surface area contributed by atoms with E-state index in [1.807, 2.05) is 0 Å². The van der Waals surface area contributed by atoms with Crippen molar-refractivity contribution >= 4 is 37.8 Å². The number of sulfone groups is 1. The van der Waals surface area contributed by atoms with Crippen molar-refractivity contribution in [2.75, 3.05) is 29.5 Å². The third kappa shape index (κ3) is 2.48. The molecule has 1 fully saturated rings. The van der Waals surface area contributed by atoms with Gasteiger partial charge in [0.05, 0.1) is 17.5 Å². The number of carbonyl (C=O) groups excluding carboxylic acids is 1. The first kappa shape index (κ1) is 15.1. The normalized spacial score (nSPS) is 19.5. The molecular weight excluding hydrogens is 302 g/mol. The van der Waals surface area contributed by atoms with Gasteiger partial charge >= 0.3 is 0 Å². The van der Waals surface area contributed by atoms with E-state index >= 15 is 0 Å². The number of primary amides is 1. The second kappa shape index (κ2) is 5.23. The van der Waals surface area contributed by atoms with Crippen LogP contribution in [0.5, 0.6) is 0 Å². The lowest BCUT2D eigenvalue weighted by atomic mass is 10.3. The molecule has 0 bridgehead atoms. The molecule has 1 aliphatic rings. The fourth-order valence-corrected chi connectivity index (χ4v) is 4.87. The molecule has 1 aliphatic heterocycles. The number of hydrogen-bond donors (Lipinski definition) is 3. The summed E-state index contributed by atoms with van der Waals surface area (Å²) >= 11 is 0.972. The number of carbonyl (C=O) groups is 1. The molecule has 0 aliphatic carbocycles. The summed E-state index contributed by atoms with van der Waals surface area (Å²) < 4.78 is 24.4. The molecule has 7 nitrogen and oxygen atoms in total. The Kier molecular flexibility index (Phi) is 3.94. The Morgan fingerprint density at radius 3 is 2.65 bits per heavy atom. The maximum atomic E-state index is 12.2. The van der Waals surface area contributed by atoms with Gasteiger partial charge in [-0.3, -0.25) is 4.79 Å². The summed E-state index contributed by atoms with van der Waals surface area (Å²) in [7, 11) is -3.57. The maximum Gasteiger partial charge on any atom is 0.261 e. The number of nitrogens with zero attached hydrogens (tertiary/aromatic N) is 1. The number of aliphatic hydroxyl groups is 1. The quantitative estimate of drug-likeness (QED) is 0.705. The smallest absolute Gasteiger partial charge is 0.261 e. The van der Waals surface area contributed by atoms with E-state index in [0.717, 1.165) is 11.3 Å². The van der Waals surface area contributed by atoms with Gasteiger partial charge in [0.1, 0.15) is 14.8 Å². The zero-order valence-electron chi connectivity index (χ0n) is 11.0. The minimum Gasteiger partial charge on any atom is -0.396 e. The van der Waals surface area contributed by atoms with Crippen LogP contribution in [0.15, 0.2) is 4.90 Å². The molecule has 0 aromatic carbocycles. The van der Waals surface area contributed by atoms with Crippen LogP contribution in [0, 0.1) is 0 Å². The summed E-state index contributed by atoms with van der Waals surface area (Å²) in [6.45, 7) is 2.36. The summed E-state index contributed by atoms with van der Waals surface area (Å²) in [5.74, 6) is -0.860. The van der Waals surface area contributed by atoms with Gasteiger partial charge in [0.2, 0.25) is 0 Å². The third-order valence-corrected chi connectivity index (χ3v) is 6.45. The lowest BCUT2D eigenvalue weighted by molar-refractivity contribution is 0.100. The molecule has 1 unspecified atom stereocenters. The van der Waals surface area contributed by atoms with Gasteiger partial charge < -0.3 is 21.5 Å². The molecule has 1 aromatic rings. The van der Waals surface area contributed by atoms with Gasteiger partial charge in [0.15, 0.2) is 9.84 Å². The molecule has 1 atom stereocenters. The van der Waals surface area contributed by atoms with E-state index in [1.54, 1.807) is 4.90 Å². The Morgan fingerprint density at radius 2 is 2.20 bits per heavy atom. The van der Waals surface area contributed by atoms with Gasteiger partial charge in [-0.05, 0) is 6.42 Å². The van der Waals surface area contributed by atoms with Crippen molar-refractivity contribution in [2.45, 2.75) is 24.3 Å². The van der Waals surface area contributed by atoms with Crippen LogP contribution >= 0.6 is 11.3 Å². The van der Waals surface area contributed by atoms with Gasteiger partial charge in [-0.1, -0.05) is 6.92 Å². The molecule has 2 rings (SSSR count). The molecule has 0 saturated carbocycles. The number of hydrogen-bond acceptors (Lipinski definition) is 7. The fraction of sp³-hybridized carbons (Fsp3) is 0.545. The third-order valence-electron chi connectivity index (χ3n) is 3.25. The number of nitrogen functional groups attached to an aromatic ring is 1. The molecule has 112 valence electrons. The number of amides is 1. The van der Waals surface area contributed by atoms with E-state index < -0.39 is 21.8 Å². The van der Waals surface area contributed by atoms with Gasteiger partial charge in [0.25, 0.3) is 5.91 Å². The second-order valence-corrected chi connectivity index (χ2v) is 7.85. The van der Waals surface area contributed by atoms with E-state index in [9.17, 15) is 18.3 Å². The lowest BCUT2D eigenvalue weighted by Gasteiger charge is -2.17. The number of thiophene rings is 1. The minimum absolute atomic E-state index is 0.0344. The second-order valence-electron chi connectivity index (χ2n) is 4.64. The highest BCUT2D eigenvalue weighted by Crippen LogP contribution is 2.42. The number of aliphatic hydroxyl groups excluding tert-OH is 1. The predicted molar refractivity (Wildman–Crippen MR) is 77.8 cm³/mol. The average molecular weight is 319 g/mol. The van der Waals surface area contributed by atoms with Crippen LogP contribution in [0.4, 0.5) is 10.7 Å². The number of nitrogens with two attached hydrogens (primary N) is 2. The SMILES string of the molecule is CCS(=O)(=O)c1c(N2CCC(O)C2)sc(C(N)=O)c1N. The average Bonchev–Trinajstić information content (AvgIpc) is 2.93. The van der Waals surface area contributed by atoms with Crippen LogP contribution in [0.25, 0.3) is 0 Å². The first-order valence-corrected chi connectivity index (χ1v) is 8.62. The summed E-state index contributed by atoms with van der Waals surface area (Å²) in [5, 5.41) is 9.99. The topological polar surface area (TPSA) is 127 Å². The van der Waals surface area contributed by atoms with Gasteiger partial charge in [-0.25, -0.2) is 8.42 Å². The highest BCUT2D eigenvalue weighted by Gasteiger charge is 2.33. The molecule has 0 radical (unpaired) electrons. The van der Waals surface area contributed by atoms with Gasteiger partial charge in [-0.15, -0.1) is 11.3 Å². The van der Waals surface area contributed by atoms with Gasteiger partial charge in [-0.2, -0.15) is 0 Å². The molecule has 2 heterocycles. The Morgan fingerprint density at radius 1 is 1.55 bits per heavy atom. The van der Waals surface area contributed by atoms with Crippen LogP contribution in [0.2, 0.25) is 0 Å². The van der Waals surface area contributed by atoms with E-state index in [1.165, 1.54) is 6.92 Å². The number of rotatable bonds is 4. The summed E-state index contributed by atoms with van der Waals surface area (Å²) in [4.78, 5) is 13.1. The van der Waals surface area contributed by atoms with E-state index in [4.69, 9.17) is 11.5 Å². The van der Waals surface area contributed by atoms with Crippen LogP contribution in [-0.4, -0.2) is 44.4 Å². The summed E-state index contributed by atoms with van der Waals surface area (Å²) in [5.41, 5.74) is 11.0. The molecule has 9 heteroatoms. The van der Waals surface area contributed by atoms with E-state index in [0.29, 0.717) is 24.5 Å². The van der Waals surface area contributed by atoms with Crippen molar-refractivity contribution < 1.29 is 18.3 Å². The molecular formula is C11H17N3O4S2. The first-order chi connectivity index (χ1) is 9.27. The zero-order chi connectivity index (χ0) is 15.1. The van der Waals surface area contributed by atoms with Crippen LogP contribution in [-0.2, 0) is 9.84 Å². The first-order valence-electron chi connectivity index (χ1n) is 6.15. The zero-order valence-corrected chi connectivity index (χ0v) is 12.6. The molecule has 5 N–H and O–H groups in total. The highest BCUT2D eigenvalue weighted by molar-refractivity contribution is 7.92. The summed E-state index contributed by atoms with van der Waals surface area (Å²) in [6, 6.07) is 0.